The Bertz CT molecular complexity index is 702. The molecule has 0 saturated heterocycles. The molecule has 0 aliphatic rings. The predicted octanol–water partition coefficient (Wildman–Crippen LogP) is 3.43. The van der Waals surface area contributed by atoms with E-state index in [1.165, 1.54) is 6.07 Å². The maximum atomic E-state index is 13.6. The number of nitrogens with one attached hydrogen (secondary N) is 1. The summed E-state index contributed by atoms with van der Waals surface area (Å²) in [6, 6.07) is 10.4. The van der Waals surface area contributed by atoms with Crippen molar-refractivity contribution in [2.45, 2.75) is 19.5 Å². The Labute approximate surface area is 140 Å². The van der Waals surface area contributed by atoms with Gasteiger partial charge in [0.1, 0.15) is 23.1 Å². The molecule has 0 radical (unpaired) electrons. The fourth-order valence-corrected chi connectivity index (χ4v) is 2.24. The van der Waals surface area contributed by atoms with Crippen LogP contribution >= 0.6 is 0 Å². The van der Waals surface area contributed by atoms with Crippen molar-refractivity contribution in [1.82, 2.24) is 4.90 Å². The van der Waals surface area contributed by atoms with Crippen molar-refractivity contribution in [1.29, 1.82) is 0 Å². The number of benzene rings is 2. The maximum absolute atomic E-state index is 13.6. The van der Waals surface area contributed by atoms with Gasteiger partial charge in [0.05, 0.1) is 13.2 Å². The van der Waals surface area contributed by atoms with Crippen LogP contribution in [-0.2, 0) is 11.3 Å². The fraction of sp³-hybridized carbons (Fsp3) is 0.278. The molecular weight excluding hydrogens is 314 g/mol. The number of anilines is 1. The van der Waals surface area contributed by atoms with Crippen molar-refractivity contribution in [2.24, 2.45) is 0 Å². The molecule has 2 aromatic rings. The molecule has 1 atom stereocenters. The van der Waals surface area contributed by atoms with Crippen molar-refractivity contribution >= 4 is 11.6 Å². The standard InChI is InChI=1S/C18H20F2N2O2/c1-12(18(23)21-17-15(19)8-5-9-16(17)20)22(2)11-13-6-4-7-14(10-13)24-3/h4-10,12H,11H2,1-3H3,(H,21,23). The number of carbonyl (C=O) groups excluding carboxylic acids is 1. The van der Waals surface area contributed by atoms with Crippen LogP contribution in [0.25, 0.3) is 0 Å². The average molecular weight is 334 g/mol. The number of para-hydroxylation sites is 1. The van der Waals surface area contributed by atoms with Crippen LogP contribution in [0.15, 0.2) is 42.5 Å². The zero-order valence-corrected chi connectivity index (χ0v) is 13.8. The highest BCUT2D eigenvalue weighted by Crippen LogP contribution is 2.19. The van der Waals surface area contributed by atoms with Gasteiger partial charge >= 0.3 is 0 Å². The highest BCUT2D eigenvalue weighted by atomic mass is 19.1. The lowest BCUT2D eigenvalue weighted by Crippen LogP contribution is -2.39. The average Bonchev–Trinajstić information content (AvgIpc) is 2.57. The van der Waals surface area contributed by atoms with Gasteiger partial charge in [-0.25, -0.2) is 8.78 Å². The van der Waals surface area contributed by atoms with Crippen LogP contribution in [0.2, 0.25) is 0 Å². The zero-order valence-electron chi connectivity index (χ0n) is 13.8. The van der Waals surface area contributed by atoms with Gasteiger partial charge in [0.2, 0.25) is 5.91 Å². The lowest BCUT2D eigenvalue weighted by Gasteiger charge is -2.24. The first-order chi connectivity index (χ1) is 11.4. The zero-order chi connectivity index (χ0) is 17.7. The lowest BCUT2D eigenvalue weighted by molar-refractivity contribution is -0.120. The number of halogens is 2. The van der Waals surface area contributed by atoms with E-state index in [1.807, 2.05) is 24.3 Å². The van der Waals surface area contributed by atoms with E-state index in [1.54, 1.807) is 26.0 Å². The molecule has 0 heterocycles. The van der Waals surface area contributed by atoms with E-state index in [2.05, 4.69) is 5.32 Å². The minimum absolute atomic E-state index is 0.427. The van der Waals surface area contributed by atoms with Crippen molar-refractivity contribution in [3.8, 4) is 5.75 Å². The molecule has 1 amide bonds. The highest BCUT2D eigenvalue weighted by Gasteiger charge is 2.21. The second kappa shape index (κ2) is 7.88. The SMILES string of the molecule is COc1cccc(CN(C)C(C)C(=O)Nc2c(F)cccc2F)c1. The maximum Gasteiger partial charge on any atom is 0.241 e. The first-order valence-electron chi connectivity index (χ1n) is 7.50. The van der Waals surface area contributed by atoms with Crippen LogP contribution in [0.4, 0.5) is 14.5 Å². The smallest absolute Gasteiger partial charge is 0.241 e. The number of hydrogen-bond donors (Lipinski definition) is 1. The van der Waals surface area contributed by atoms with Gasteiger partial charge in [0, 0.05) is 6.54 Å². The molecule has 0 spiro atoms. The molecule has 24 heavy (non-hydrogen) atoms. The van der Waals surface area contributed by atoms with Gasteiger partial charge in [-0.1, -0.05) is 18.2 Å². The van der Waals surface area contributed by atoms with E-state index in [9.17, 15) is 13.6 Å². The third-order valence-corrected chi connectivity index (χ3v) is 3.82. The van der Waals surface area contributed by atoms with Gasteiger partial charge in [-0.2, -0.15) is 0 Å². The largest absolute Gasteiger partial charge is 0.497 e. The quantitative estimate of drug-likeness (QED) is 0.880. The Kier molecular flexibility index (Phi) is 5.87. The Hall–Kier alpha value is -2.47. The summed E-state index contributed by atoms with van der Waals surface area (Å²) < 4.78 is 32.4. The van der Waals surface area contributed by atoms with Crippen LogP contribution in [0, 0.1) is 11.6 Å². The predicted molar refractivity (Wildman–Crippen MR) is 88.9 cm³/mol. The number of rotatable bonds is 6. The van der Waals surface area contributed by atoms with E-state index in [0.29, 0.717) is 6.54 Å². The second-order valence-electron chi connectivity index (χ2n) is 5.53. The molecule has 0 aliphatic carbocycles. The van der Waals surface area contributed by atoms with Crippen molar-refractivity contribution < 1.29 is 18.3 Å². The van der Waals surface area contributed by atoms with Crippen LogP contribution in [0.1, 0.15) is 12.5 Å². The molecule has 6 heteroatoms. The van der Waals surface area contributed by atoms with E-state index in [0.717, 1.165) is 23.4 Å². The van der Waals surface area contributed by atoms with Gasteiger partial charge in [0.25, 0.3) is 0 Å². The summed E-state index contributed by atoms with van der Waals surface area (Å²) >= 11 is 0. The van der Waals surface area contributed by atoms with E-state index < -0.39 is 29.3 Å². The van der Waals surface area contributed by atoms with Crippen LogP contribution < -0.4 is 10.1 Å². The normalized spacial score (nSPS) is 12.1. The first kappa shape index (κ1) is 17.9. The Morgan fingerprint density at radius 3 is 2.46 bits per heavy atom. The van der Waals surface area contributed by atoms with Crippen molar-refractivity contribution in [2.75, 3.05) is 19.5 Å². The summed E-state index contributed by atoms with van der Waals surface area (Å²) in [7, 11) is 3.35. The van der Waals surface area contributed by atoms with Gasteiger partial charge in [0.15, 0.2) is 0 Å². The molecular formula is C18H20F2N2O2. The summed E-state index contributed by atoms with van der Waals surface area (Å²) in [5.41, 5.74) is 0.540. The summed E-state index contributed by atoms with van der Waals surface area (Å²) in [4.78, 5) is 14.0. The highest BCUT2D eigenvalue weighted by molar-refractivity contribution is 5.94. The van der Waals surface area contributed by atoms with Crippen molar-refractivity contribution in [3.05, 3.63) is 59.7 Å². The molecule has 0 saturated carbocycles. The third kappa shape index (κ3) is 4.29. The van der Waals surface area contributed by atoms with Gasteiger partial charge in [-0.15, -0.1) is 0 Å². The molecule has 0 aromatic heterocycles. The third-order valence-electron chi connectivity index (χ3n) is 3.82. The minimum Gasteiger partial charge on any atom is -0.497 e. The van der Waals surface area contributed by atoms with Gasteiger partial charge < -0.3 is 10.1 Å². The van der Waals surface area contributed by atoms with Gasteiger partial charge in [-0.05, 0) is 43.8 Å². The molecule has 0 fully saturated rings. The topological polar surface area (TPSA) is 41.6 Å². The molecule has 2 rings (SSSR count). The Morgan fingerprint density at radius 1 is 1.21 bits per heavy atom. The summed E-state index contributed by atoms with van der Waals surface area (Å²) in [6.07, 6.45) is 0. The molecule has 0 aliphatic heterocycles. The second-order valence-corrected chi connectivity index (χ2v) is 5.53. The number of ether oxygens (including phenoxy) is 1. The molecule has 0 bridgehead atoms. The number of carbonyl (C=O) groups is 1. The van der Waals surface area contributed by atoms with E-state index in [-0.39, 0.29) is 0 Å². The monoisotopic (exact) mass is 334 g/mol. The minimum atomic E-state index is -0.800. The summed E-state index contributed by atoms with van der Waals surface area (Å²) in [5, 5.41) is 2.31. The van der Waals surface area contributed by atoms with Gasteiger partial charge in [-0.3, -0.25) is 9.69 Å². The first-order valence-corrected chi connectivity index (χ1v) is 7.50. The molecule has 1 N–H and O–H groups in total. The fourth-order valence-electron chi connectivity index (χ4n) is 2.24. The molecule has 2 aromatic carbocycles. The Balaban J connectivity index is 2.04. The van der Waals surface area contributed by atoms with Crippen LogP contribution in [-0.4, -0.2) is 31.0 Å². The number of amides is 1. The Morgan fingerprint density at radius 2 is 1.83 bits per heavy atom. The number of hydrogen-bond acceptors (Lipinski definition) is 3. The molecule has 1 unspecified atom stereocenters. The number of methoxy groups -OCH3 is 1. The van der Waals surface area contributed by atoms with Crippen LogP contribution in [0.3, 0.4) is 0 Å². The lowest BCUT2D eigenvalue weighted by atomic mass is 10.1. The van der Waals surface area contributed by atoms with E-state index >= 15 is 0 Å². The molecule has 128 valence electrons. The number of likely N-dealkylation sites (N-methyl/N-ethyl adjacent to an activating group) is 1. The van der Waals surface area contributed by atoms with E-state index in [4.69, 9.17) is 4.74 Å². The summed E-state index contributed by atoms with van der Waals surface area (Å²) in [6.45, 7) is 2.17. The summed E-state index contributed by atoms with van der Waals surface area (Å²) in [5.74, 6) is -1.35. The van der Waals surface area contributed by atoms with Crippen molar-refractivity contribution in [3.63, 3.8) is 0 Å². The number of nitrogens with zero attached hydrogens (tertiary/aromatic N) is 1. The van der Waals surface area contributed by atoms with Crippen LogP contribution in [0.5, 0.6) is 5.75 Å². The molecule has 4 nitrogen and oxygen atoms in total.